The fourth-order valence-corrected chi connectivity index (χ4v) is 3.46. The Labute approximate surface area is 111 Å². The van der Waals surface area contributed by atoms with Crippen molar-refractivity contribution in [1.29, 1.82) is 0 Å². The number of hydrogen-bond acceptors (Lipinski definition) is 2. The maximum atomic E-state index is 5.38. The van der Waals surface area contributed by atoms with E-state index in [4.69, 9.17) is 4.74 Å². The van der Waals surface area contributed by atoms with E-state index in [1.165, 1.54) is 31.5 Å². The molecule has 100 valence electrons. The van der Waals surface area contributed by atoms with Gasteiger partial charge in [-0.2, -0.15) is 0 Å². The van der Waals surface area contributed by atoms with Crippen molar-refractivity contribution in [3.63, 3.8) is 0 Å². The van der Waals surface area contributed by atoms with Crippen LogP contribution in [0.25, 0.3) is 0 Å². The van der Waals surface area contributed by atoms with Gasteiger partial charge in [0.1, 0.15) is 5.75 Å². The van der Waals surface area contributed by atoms with Crippen molar-refractivity contribution in [1.82, 2.24) is 4.90 Å². The lowest BCUT2D eigenvalue weighted by Gasteiger charge is -2.46. The molecule has 2 unspecified atom stereocenters. The van der Waals surface area contributed by atoms with Crippen molar-refractivity contribution in [2.45, 2.75) is 32.1 Å². The van der Waals surface area contributed by atoms with Crippen molar-refractivity contribution in [3.05, 3.63) is 29.8 Å². The SMILES string of the molecule is CCC1(c2cccc(OC)c2)CCN(C)CC1C. The average Bonchev–Trinajstić information content (AvgIpc) is 2.39. The summed E-state index contributed by atoms with van der Waals surface area (Å²) in [6, 6.07) is 8.66. The first kappa shape index (κ1) is 13.4. The van der Waals surface area contributed by atoms with E-state index in [1.807, 2.05) is 6.07 Å². The summed E-state index contributed by atoms with van der Waals surface area (Å²) in [5, 5.41) is 0. The van der Waals surface area contributed by atoms with E-state index in [0.717, 1.165) is 5.75 Å². The van der Waals surface area contributed by atoms with Crippen molar-refractivity contribution in [2.75, 3.05) is 27.2 Å². The summed E-state index contributed by atoms with van der Waals surface area (Å²) >= 11 is 0. The highest BCUT2D eigenvalue weighted by Gasteiger charge is 2.39. The summed E-state index contributed by atoms with van der Waals surface area (Å²) in [4.78, 5) is 2.44. The lowest BCUT2D eigenvalue weighted by molar-refractivity contribution is 0.117. The Hall–Kier alpha value is -1.02. The summed E-state index contributed by atoms with van der Waals surface area (Å²) in [6.45, 7) is 7.08. The number of hydrogen-bond donors (Lipinski definition) is 0. The minimum atomic E-state index is 0.320. The molecule has 2 nitrogen and oxygen atoms in total. The standard InChI is InChI=1S/C16H25NO/c1-5-16(9-10-17(3)12-13(16)2)14-7-6-8-15(11-14)18-4/h6-8,11,13H,5,9-10,12H2,1-4H3. The monoisotopic (exact) mass is 247 g/mol. The third-order valence-electron chi connectivity index (χ3n) is 4.74. The zero-order valence-electron chi connectivity index (χ0n) is 12.1. The van der Waals surface area contributed by atoms with Crippen LogP contribution in [0.1, 0.15) is 32.3 Å². The van der Waals surface area contributed by atoms with Gasteiger partial charge in [0.15, 0.2) is 0 Å². The molecule has 1 saturated heterocycles. The maximum Gasteiger partial charge on any atom is 0.119 e. The number of methoxy groups -OCH3 is 1. The topological polar surface area (TPSA) is 12.5 Å². The van der Waals surface area contributed by atoms with E-state index >= 15 is 0 Å². The van der Waals surface area contributed by atoms with Gasteiger partial charge in [-0.25, -0.2) is 0 Å². The smallest absolute Gasteiger partial charge is 0.119 e. The van der Waals surface area contributed by atoms with Gasteiger partial charge < -0.3 is 9.64 Å². The van der Waals surface area contributed by atoms with Crippen LogP contribution in [0.5, 0.6) is 5.75 Å². The summed E-state index contributed by atoms with van der Waals surface area (Å²) < 4.78 is 5.38. The number of nitrogens with zero attached hydrogens (tertiary/aromatic N) is 1. The van der Waals surface area contributed by atoms with E-state index in [9.17, 15) is 0 Å². The normalized spacial score (nSPS) is 29.2. The minimum absolute atomic E-state index is 0.320. The predicted molar refractivity (Wildman–Crippen MR) is 76.2 cm³/mol. The van der Waals surface area contributed by atoms with E-state index in [2.05, 4.69) is 44.0 Å². The molecule has 0 aliphatic carbocycles. The molecule has 1 aliphatic rings. The molecule has 1 heterocycles. The van der Waals surface area contributed by atoms with Crippen LogP contribution in [-0.2, 0) is 5.41 Å². The van der Waals surface area contributed by atoms with Gasteiger partial charge in [0.2, 0.25) is 0 Å². The summed E-state index contributed by atoms with van der Waals surface area (Å²) in [7, 11) is 3.97. The average molecular weight is 247 g/mol. The van der Waals surface area contributed by atoms with Gasteiger partial charge in [0.25, 0.3) is 0 Å². The molecule has 2 heteroatoms. The lowest BCUT2D eigenvalue weighted by atomic mass is 9.65. The van der Waals surface area contributed by atoms with Crippen LogP contribution in [0, 0.1) is 5.92 Å². The second-order valence-electron chi connectivity index (χ2n) is 5.65. The van der Waals surface area contributed by atoms with Crippen molar-refractivity contribution < 1.29 is 4.74 Å². The third kappa shape index (κ3) is 2.26. The Balaban J connectivity index is 2.36. The van der Waals surface area contributed by atoms with Crippen LogP contribution in [0.2, 0.25) is 0 Å². The number of benzene rings is 1. The van der Waals surface area contributed by atoms with Crippen molar-refractivity contribution >= 4 is 0 Å². The molecule has 0 saturated carbocycles. The zero-order valence-corrected chi connectivity index (χ0v) is 12.1. The van der Waals surface area contributed by atoms with Crippen LogP contribution in [0.4, 0.5) is 0 Å². The van der Waals surface area contributed by atoms with Crippen molar-refractivity contribution in [2.24, 2.45) is 5.92 Å². The Bertz CT molecular complexity index is 404. The molecule has 1 aliphatic heterocycles. The third-order valence-corrected chi connectivity index (χ3v) is 4.74. The highest BCUT2D eigenvalue weighted by atomic mass is 16.5. The highest BCUT2D eigenvalue weighted by Crippen LogP contribution is 2.42. The Morgan fingerprint density at radius 1 is 1.44 bits per heavy atom. The molecule has 18 heavy (non-hydrogen) atoms. The summed E-state index contributed by atoms with van der Waals surface area (Å²) in [6.07, 6.45) is 2.45. The molecule has 2 rings (SSSR count). The van der Waals surface area contributed by atoms with Gasteiger partial charge in [-0.05, 0) is 50.0 Å². The molecule has 0 amide bonds. The summed E-state index contributed by atoms with van der Waals surface area (Å²) in [5.41, 5.74) is 1.77. The fourth-order valence-electron chi connectivity index (χ4n) is 3.46. The van der Waals surface area contributed by atoms with Gasteiger partial charge >= 0.3 is 0 Å². The molecule has 1 aromatic rings. The molecule has 0 radical (unpaired) electrons. The van der Waals surface area contributed by atoms with Crippen LogP contribution in [0.15, 0.2) is 24.3 Å². The second-order valence-corrected chi connectivity index (χ2v) is 5.65. The van der Waals surface area contributed by atoms with Gasteiger partial charge in [0.05, 0.1) is 7.11 Å². The lowest BCUT2D eigenvalue weighted by Crippen LogP contribution is -2.47. The first-order valence-corrected chi connectivity index (χ1v) is 6.95. The van der Waals surface area contributed by atoms with Gasteiger partial charge in [0, 0.05) is 12.0 Å². The van der Waals surface area contributed by atoms with E-state index in [0.29, 0.717) is 11.3 Å². The quantitative estimate of drug-likeness (QED) is 0.812. The number of ether oxygens (including phenoxy) is 1. The van der Waals surface area contributed by atoms with Crippen LogP contribution in [-0.4, -0.2) is 32.1 Å². The number of rotatable bonds is 3. The molecular weight excluding hydrogens is 222 g/mol. The first-order valence-electron chi connectivity index (χ1n) is 6.95. The predicted octanol–water partition coefficient (Wildman–Crippen LogP) is 3.31. The fraction of sp³-hybridized carbons (Fsp3) is 0.625. The Kier molecular flexibility index (Phi) is 3.96. The van der Waals surface area contributed by atoms with Crippen LogP contribution >= 0.6 is 0 Å². The Morgan fingerprint density at radius 2 is 2.22 bits per heavy atom. The number of piperidine rings is 1. The van der Waals surface area contributed by atoms with E-state index in [-0.39, 0.29) is 0 Å². The van der Waals surface area contributed by atoms with E-state index in [1.54, 1.807) is 7.11 Å². The largest absolute Gasteiger partial charge is 0.497 e. The molecule has 0 N–H and O–H groups in total. The molecule has 0 bridgehead atoms. The van der Waals surface area contributed by atoms with Gasteiger partial charge in [-0.1, -0.05) is 26.0 Å². The zero-order chi connectivity index (χ0) is 13.2. The maximum absolute atomic E-state index is 5.38. The van der Waals surface area contributed by atoms with Gasteiger partial charge in [-0.15, -0.1) is 0 Å². The molecule has 2 atom stereocenters. The van der Waals surface area contributed by atoms with Crippen molar-refractivity contribution in [3.8, 4) is 5.75 Å². The molecule has 0 aromatic heterocycles. The van der Waals surface area contributed by atoms with Crippen LogP contribution in [0.3, 0.4) is 0 Å². The molecule has 0 spiro atoms. The first-order chi connectivity index (χ1) is 8.62. The molecule has 1 aromatic carbocycles. The molecular formula is C16H25NO. The summed E-state index contributed by atoms with van der Waals surface area (Å²) in [5.74, 6) is 1.67. The second kappa shape index (κ2) is 5.31. The van der Waals surface area contributed by atoms with Crippen LogP contribution < -0.4 is 4.74 Å². The number of likely N-dealkylation sites (tertiary alicyclic amines) is 1. The minimum Gasteiger partial charge on any atom is -0.497 e. The molecule has 1 fully saturated rings. The van der Waals surface area contributed by atoms with E-state index < -0.39 is 0 Å². The van der Waals surface area contributed by atoms with Gasteiger partial charge in [-0.3, -0.25) is 0 Å². The highest BCUT2D eigenvalue weighted by molar-refractivity contribution is 5.35. The Morgan fingerprint density at radius 3 is 2.83 bits per heavy atom.